The first-order valence-electron chi connectivity index (χ1n) is 5.98. The van der Waals surface area contributed by atoms with Crippen molar-refractivity contribution in [3.05, 3.63) is 27.7 Å². The molecule has 0 unspecified atom stereocenters. The number of nitrogens with one attached hydrogen (secondary N) is 1. The topological polar surface area (TPSA) is 38.3 Å². The van der Waals surface area contributed by atoms with Gasteiger partial charge in [0, 0.05) is 10.2 Å². The van der Waals surface area contributed by atoms with Crippen molar-refractivity contribution in [2.45, 2.75) is 31.7 Å². The zero-order chi connectivity index (χ0) is 13.2. The minimum absolute atomic E-state index is 0.165. The Balaban J connectivity index is 2.15. The first kappa shape index (κ1) is 13.7. The third-order valence-corrected chi connectivity index (χ3v) is 4.39. The van der Waals surface area contributed by atoms with Gasteiger partial charge in [0.25, 0.3) is 0 Å². The normalized spacial score (nSPS) is 16.8. The van der Waals surface area contributed by atoms with Gasteiger partial charge < -0.3 is 10.1 Å². The molecule has 0 amide bonds. The van der Waals surface area contributed by atoms with Crippen molar-refractivity contribution in [3.8, 4) is 0 Å². The molecule has 2 rings (SSSR count). The van der Waals surface area contributed by atoms with E-state index in [9.17, 15) is 4.79 Å². The molecule has 0 aliphatic heterocycles. The van der Waals surface area contributed by atoms with Crippen molar-refractivity contribution >= 4 is 39.2 Å². The maximum Gasteiger partial charge on any atom is 0.331 e. The van der Waals surface area contributed by atoms with Crippen LogP contribution in [0.1, 0.15) is 26.2 Å². The number of carbonyl (C=O) groups excluding carboxylic acids is 1. The quantitative estimate of drug-likeness (QED) is 0.847. The predicted molar refractivity (Wildman–Crippen MR) is 76.0 cm³/mol. The molecule has 0 saturated heterocycles. The highest BCUT2D eigenvalue weighted by Gasteiger charge is 2.45. The summed E-state index contributed by atoms with van der Waals surface area (Å²) in [5.74, 6) is -0.165. The fourth-order valence-electron chi connectivity index (χ4n) is 2.03. The lowest BCUT2D eigenvalue weighted by molar-refractivity contribution is -0.151. The van der Waals surface area contributed by atoms with Gasteiger partial charge in [0.2, 0.25) is 0 Å². The second kappa shape index (κ2) is 5.49. The van der Waals surface area contributed by atoms with Gasteiger partial charge in [0.05, 0.1) is 11.6 Å². The lowest BCUT2D eigenvalue weighted by Crippen LogP contribution is -2.53. The first-order chi connectivity index (χ1) is 8.57. The van der Waals surface area contributed by atoms with Gasteiger partial charge in [-0.1, -0.05) is 11.6 Å². The summed E-state index contributed by atoms with van der Waals surface area (Å²) in [4.78, 5) is 12.0. The number of benzene rings is 1. The second-order valence-corrected chi connectivity index (χ2v) is 5.67. The van der Waals surface area contributed by atoms with Crippen LogP contribution in [0.4, 0.5) is 5.69 Å². The van der Waals surface area contributed by atoms with Gasteiger partial charge in [-0.2, -0.15) is 0 Å². The second-order valence-electron chi connectivity index (χ2n) is 4.41. The Morgan fingerprint density at radius 3 is 2.78 bits per heavy atom. The van der Waals surface area contributed by atoms with Crippen molar-refractivity contribution in [2.75, 3.05) is 11.9 Å². The molecule has 0 aromatic heterocycles. The molecule has 0 atom stereocenters. The largest absolute Gasteiger partial charge is 0.464 e. The summed E-state index contributed by atoms with van der Waals surface area (Å²) in [6.45, 7) is 2.23. The zero-order valence-electron chi connectivity index (χ0n) is 10.1. The van der Waals surface area contributed by atoms with Crippen LogP contribution in [0.15, 0.2) is 22.7 Å². The number of hydrogen-bond donors (Lipinski definition) is 1. The smallest absolute Gasteiger partial charge is 0.331 e. The van der Waals surface area contributed by atoms with Crippen LogP contribution in [0.5, 0.6) is 0 Å². The molecule has 98 valence electrons. The van der Waals surface area contributed by atoms with Gasteiger partial charge in [0.1, 0.15) is 5.54 Å². The molecule has 1 fully saturated rings. The summed E-state index contributed by atoms with van der Waals surface area (Å²) in [6.07, 6.45) is 2.67. The van der Waals surface area contributed by atoms with Crippen LogP contribution in [-0.4, -0.2) is 18.1 Å². The molecular formula is C13H15BrClNO2. The van der Waals surface area contributed by atoms with Crippen molar-refractivity contribution in [2.24, 2.45) is 0 Å². The van der Waals surface area contributed by atoms with Crippen LogP contribution < -0.4 is 5.32 Å². The highest BCUT2D eigenvalue weighted by Crippen LogP contribution is 2.37. The molecule has 0 radical (unpaired) electrons. The highest BCUT2D eigenvalue weighted by molar-refractivity contribution is 9.10. The van der Waals surface area contributed by atoms with Crippen molar-refractivity contribution < 1.29 is 9.53 Å². The molecule has 1 aliphatic rings. The number of anilines is 1. The Labute approximate surface area is 120 Å². The van der Waals surface area contributed by atoms with Gasteiger partial charge >= 0.3 is 5.97 Å². The molecule has 18 heavy (non-hydrogen) atoms. The number of esters is 1. The van der Waals surface area contributed by atoms with Crippen LogP contribution in [-0.2, 0) is 9.53 Å². The van der Waals surface area contributed by atoms with Crippen LogP contribution in [0, 0.1) is 0 Å². The van der Waals surface area contributed by atoms with Gasteiger partial charge in [0.15, 0.2) is 0 Å². The third-order valence-electron chi connectivity index (χ3n) is 3.18. The van der Waals surface area contributed by atoms with E-state index in [1.54, 1.807) is 6.07 Å². The van der Waals surface area contributed by atoms with E-state index in [-0.39, 0.29) is 5.97 Å². The zero-order valence-corrected chi connectivity index (χ0v) is 12.5. The maximum absolute atomic E-state index is 12.0. The molecule has 5 heteroatoms. The number of carbonyl (C=O) groups is 1. The van der Waals surface area contributed by atoms with E-state index >= 15 is 0 Å². The minimum atomic E-state index is -0.552. The molecular weight excluding hydrogens is 318 g/mol. The monoisotopic (exact) mass is 331 g/mol. The minimum Gasteiger partial charge on any atom is -0.464 e. The van der Waals surface area contributed by atoms with Crippen LogP contribution in [0.25, 0.3) is 0 Å². The van der Waals surface area contributed by atoms with Crippen LogP contribution >= 0.6 is 27.5 Å². The molecule has 1 aromatic carbocycles. The number of halogens is 2. The number of hydrogen-bond acceptors (Lipinski definition) is 3. The molecule has 0 heterocycles. The summed E-state index contributed by atoms with van der Waals surface area (Å²) in [5.41, 5.74) is 0.322. The fraction of sp³-hybridized carbons (Fsp3) is 0.462. The van der Waals surface area contributed by atoms with E-state index in [2.05, 4.69) is 21.2 Å². The average molecular weight is 333 g/mol. The molecule has 0 spiro atoms. The maximum atomic E-state index is 12.0. The van der Waals surface area contributed by atoms with Crippen molar-refractivity contribution in [3.63, 3.8) is 0 Å². The molecule has 1 aromatic rings. The Morgan fingerprint density at radius 1 is 1.56 bits per heavy atom. The molecule has 3 nitrogen and oxygen atoms in total. The van der Waals surface area contributed by atoms with Crippen molar-refractivity contribution in [1.82, 2.24) is 0 Å². The van der Waals surface area contributed by atoms with Gasteiger partial charge in [-0.05, 0) is 60.3 Å². The van der Waals surface area contributed by atoms with Crippen molar-refractivity contribution in [1.29, 1.82) is 0 Å². The fourth-order valence-corrected chi connectivity index (χ4v) is 2.53. The lowest BCUT2D eigenvalue weighted by Gasteiger charge is -2.40. The van der Waals surface area contributed by atoms with Gasteiger partial charge in [-0.25, -0.2) is 4.79 Å². The van der Waals surface area contributed by atoms with E-state index in [0.717, 1.165) is 29.4 Å². The van der Waals surface area contributed by atoms with E-state index in [1.807, 2.05) is 19.1 Å². The summed E-state index contributed by atoms with van der Waals surface area (Å²) in [5, 5.41) is 3.93. The highest BCUT2D eigenvalue weighted by atomic mass is 79.9. The Kier molecular flexibility index (Phi) is 4.17. The SMILES string of the molecule is CCOC(=O)C1(Nc2ccc(Cl)c(Br)c2)CCC1. The Bertz CT molecular complexity index is 460. The lowest BCUT2D eigenvalue weighted by atomic mass is 9.76. The van der Waals surface area contributed by atoms with E-state index < -0.39 is 5.54 Å². The summed E-state index contributed by atoms with van der Waals surface area (Å²) in [7, 11) is 0. The van der Waals surface area contributed by atoms with E-state index in [4.69, 9.17) is 16.3 Å². The molecule has 1 aliphatic carbocycles. The van der Waals surface area contributed by atoms with Gasteiger partial charge in [-0.15, -0.1) is 0 Å². The standard InChI is InChI=1S/C13H15BrClNO2/c1-2-18-12(17)13(6-3-7-13)16-9-4-5-11(15)10(14)8-9/h4-5,8,16H,2-3,6-7H2,1H3. The number of rotatable bonds is 4. The summed E-state index contributed by atoms with van der Waals surface area (Å²) in [6, 6.07) is 5.54. The van der Waals surface area contributed by atoms with E-state index in [0.29, 0.717) is 11.6 Å². The Morgan fingerprint density at radius 2 is 2.28 bits per heavy atom. The summed E-state index contributed by atoms with van der Waals surface area (Å²) >= 11 is 9.32. The van der Waals surface area contributed by atoms with Crippen LogP contribution in [0.3, 0.4) is 0 Å². The molecule has 1 saturated carbocycles. The Hall–Kier alpha value is -0.740. The van der Waals surface area contributed by atoms with Crippen LogP contribution in [0.2, 0.25) is 5.02 Å². The first-order valence-corrected chi connectivity index (χ1v) is 7.15. The molecule has 1 N–H and O–H groups in total. The molecule has 0 bridgehead atoms. The predicted octanol–water partition coefficient (Wildman–Crippen LogP) is 4.00. The summed E-state index contributed by atoms with van der Waals surface area (Å²) < 4.78 is 5.95. The third kappa shape index (κ3) is 2.64. The van der Waals surface area contributed by atoms with Gasteiger partial charge in [-0.3, -0.25) is 0 Å². The van der Waals surface area contributed by atoms with E-state index in [1.165, 1.54) is 0 Å². The number of ether oxygens (including phenoxy) is 1. The average Bonchev–Trinajstić information content (AvgIpc) is 2.28.